The lowest BCUT2D eigenvalue weighted by Gasteiger charge is -2.13. The van der Waals surface area contributed by atoms with Crippen LogP contribution in [0.25, 0.3) is 0 Å². The van der Waals surface area contributed by atoms with Crippen LogP contribution in [0, 0.1) is 0 Å². The molecule has 0 aromatic carbocycles. The molecule has 4 heteroatoms. The predicted molar refractivity (Wildman–Crippen MR) is 49.4 cm³/mol. The Kier molecular flexibility index (Phi) is 2.29. The third-order valence-corrected chi connectivity index (χ3v) is 2.84. The van der Waals surface area contributed by atoms with E-state index in [9.17, 15) is 8.78 Å². The number of hydrogen-bond acceptors (Lipinski definition) is 1. The minimum atomic E-state index is -2.48. The molecular formula is C10H14F2N2. The Morgan fingerprint density at radius 3 is 3.00 bits per heavy atom. The molecule has 0 saturated heterocycles. The summed E-state index contributed by atoms with van der Waals surface area (Å²) in [4.78, 5) is 0. The summed E-state index contributed by atoms with van der Waals surface area (Å²) in [6.07, 6.45) is 3.03. The molecule has 1 saturated carbocycles. The molecule has 1 aliphatic rings. The van der Waals surface area contributed by atoms with Crippen molar-refractivity contribution < 1.29 is 8.78 Å². The summed E-state index contributed by atoms with van der Waals surface area (Å²) in [6, 6.07) is 1.80. The molecule has 0 aliphatic heterocycles. The van der Waals surface area contributed by atoms with Crippen LogP contribution in [-0.4, -0.2) is 15.7 Å². The van der Waals surface area contributed by atoms with Crippen LogP contribution in [-0.2, 0) is 6.42 Å². The van der Waals surface area contributed by atoms with Crippen molar-refractivity contribution in [1.29, 1.82) is 0 Å². The zero-order valence-corrected chi connectivity index (χ0v) is 8.21. The highest BCUT2D eigenvalue weighted by Gasteiger charge is 2.40. The van der Waals surface area contributed by atoms with Crippen molar-refractivity contribution in [3.63, 3.8) is 0 Å². The Hall–Kier alpha value is -0.930. The molecule has 0 bridgehead atoms. The number of hydrogen-bond donors (Lipinski definition) is 0. The molecule has 0 spiro atoms. The van der Waals surface area contributed by atoms with Crippen molar-refractivity contribution in [3.8, 4) is 0 Å². The Morgan fingerprint density at radius 1 is 1.64 bits per heavy atom. The molecule has 1 unspecified atom stereocenters. The van der Waals surface area contributed by atoms with E-state index < -0.39 is 5.92 Å². The first-order valence-electron chi connectivity index (χ1n) is 5.02. The molecule has 1 aromatic heterocycles. The SMILES string of the molecule is CCc1ccnn1C1CCC(F)(F)C1. The standard InChI is InChI=1S/C10H14F2N2/c1-2-8-4-6-13-14(8)9-3-5-10(11,12)7-9/h4,6,9H,2-3,5,7H2,1H3. The first kappa shape index (κ1) is 9.62. The third-order valence-electron chi connectivity index (χ3n) is 2.84. The van der Waals surface area contributed by atoms with Gasteiger partial charge in [-0.2, -0.15) is 5.10 Å². The fourth-order valence-electron chi connectivity index (χ4n) is 2.09. The average Bonchev–Trinajstić information content (AvgIpc) is 2.70. The lowest BCUT2D eigenvalue weighted by molar-refractivity contribution is 0.00509. The van der Waals surface area contributed by atoms with Crippen molar-refractivity contribution in [2.24, 2.45) is 0 Å². The summed E-state index contributed by atoms with van der Waals surface area (Å²) >= 11 is 0. The zero-order valence-electron chi connectivity index (χ0n) is 8.21. The molecule has 2 nitrogen and oxygen atoms in total. The van der Waals surface area contributed by atoms with Crippen LogP contribution in [0.15, 0.2) is 12.3 Å². The van der Waals surface area contributed by atoms with Gasteiger partial charge in [0.25, 0.3) is 0 Å². The molecule has 1 atom stereocenters. The second kappa shape index (κ2) is 3.33. The highest BCUT2D eigenvalue weighted by Crippen LogP contribution is 2.41. The second-order valence-electron chi connectivity index (χ2n) is 3.87. The monoisotopic (exact) mass is 200 g/mol. The molecule has 2 rings (SSSR count). The molecule has 0 amide bonds. The van der Waals surface area contributed by atoms with Gasteiger partial charge in [0.15, 0.2) is 0 Å². The molecule has 14 heavy (non-hydrogen) atoms. The van der Waals surface area contributed by atoms with Gasteiger partial charge >= 0.3 is 0 Å². The normalized spacial score (nSPS) is 25.5. The highest BCUT2D eigenvalue weighted by atomic mass is 19.3. The largest absolute Gasteiger partial charge is 0.266 e. The maximum atomic E-state index is 13.0. The smallest absolute Gasteiger partial charge is 0.250 e. The molecule has 0 radical (unpaired) electrons. The molecule has 78 valence electrons. The molecule has 1 heterocycles. The summed E-state index contributed by atoms with van der Waals surface area (Å²) in [7, 11) is 0. The van der Waals surface area contributed by atoms with E-state index in [-0.39, 0.29) is 18.9 Å². The van der Waals surface area contributed by atoms with E-state index in [1.165, 1.54) is 0 Å². The van der Waals surface area contributed by atoms with Crippen LogP contribution in [0.2, 0.25) is 0 Å². The van der Waals surface area contributed by atoms with E-state index in [1.807, 2.05) is 13.0 Å². The fourth-order valence-corrected chi connectivity index (χ4v) is 2.09. The van der Waals surface area contributed by atoms with Gasteiger partial charge in [0.1, 0.15) is 0 Å². The lowest BCUT2D eigenvalue weighted by atomic mass is 10.2. The van der Waals surface area contributed by atoms with Crippen LogP contribution >= 0.6 is 0 Å². The van der Waals surface area contributed by atoms with Gasteiger partial charge in [-0.05, 0) is 18.9 Å². The zero-order chi connectivity index (χ0) is 10.2. The first-order chi connectivity index (χ1) is 6.62. The second-order valence-corrected chi connectivity index (χ2v) is 3.87. The number of aromatic nitrogens is 2. The Balaban J connectivity index is 2.17. The van der Waals surface area contributed by atoms with Gasteiger partial charge in [0.05, 0.1) is 6.04 Å². The van der Waals surface area contributed by atoms with E-state index >= 15 is 0 Å². The van der Waals surface area contributed by atoms with Crippen LogP contribution in [0.5, 0.6) is 0 Å². The summed E-state index contributed by atoms with van der Waals surface area (Å²) < 4.78 is 27.7. The summed E-state index contributed by atoms with van der Waals surface area (Å²) in [5, 5.41) is 4.12. The predicted octanol–water partition coefficient (Wildman–Crippen LogP) is 2.81. The molecule has 1 aromatic rings. The highest BCUT2D eigenvalue weighted by molar-refractivity contribution is 5.03. The van der Waals surface area contributed by atoms with Crippen LogP contribution in [0.4, 0.5) is 8.78 Å². The fraction of sp³-hybridized carbons (Fsp3) is 0.700. The first-order valence-corrected chi connectivity index (χ1v) is 5.02. The van der Waals surface area contributed by atoms with Gasteiger partial charge in [0, 0.05) is 24.7 Å². The van der Waals surface area contributed by atoms with Gasteiger partial charge < -0.3 is 0 Å². The number of alkyl halides is 2. The minimum Gasteiger partial charge on any atom is -0.266 e. The number of halogens is 2. The Labute approximate surface area is 81.9 Å². The average molecular weight is 200 g/mol. The minimum absolute atomic E-state index is 0.000676. The van der Waals surface area contributed by atoms with Crippen molar-refractivity contribution in [3.05, 3.63) is 18.0 Å². The summed E-state index contributed by atoms with van der Waals surface area (Å²) in [6.45, 7) is 2.01. The van der Waals surface area contributed by atoms with Crippen molar-refractivity contribution >= 4 is 0 Å². The van der Waals surface area contributed by atoms with Gasteiger partial charge in [-0.3, -0.25) is 4.68 Å². The van der Waals surface area contributed by atoms with E-state index in [2.05, 4.69) is 5.10 Å². The molecule has 0 N–H and O–H groups in total. The Bertz CT molecular complexity index is 320. The van der Waals surface area contributed by atoms with Crippen LogP contribution in [0.1, 0.15) is 37.9 Å². The van der Waals surface area contributed by atoms with Crippen LogP contribution in [0.3, 0.4) is 0 Å². The van der Waals surface area contributed by atoms with Crippen molar-refractivity contribution in [2.75, 3.05) is 0 Å². The topological polar surface area (TPSA) is 17.8 Å². The van der Waals surface area contributed by atoms with E-state index in [4.69, 9.17) is 0 Å². The summed E-state index contributed by atoms with van der Waals surface area (Å²) in [5.74, 6) is -2.48. The van der Waals surface area contributed by atoms with Crippen LogP contribution < -0.4 is 0 Å². The maximum Gasteiger partial charge on any atom is 0.250 e. The lowest BCUT2D eigenvalue weighted by Crippen LogP contribution is -2.14. The number of nitrogens with zero attached hydrogens (tertiary/aromatic N) is 2. The van der Waals surface area contributed by atoms with Crippen molar-refractivity contribution in [2.45, 2.75) is 44.6 Å². The van der Waals surface area contributed by atoms with E-state index in [0.29, 0.717) is 6.42 Å². The van der Waals surface area contributed by atoms with Gasteiger partial charge in [0.2, 0.25) is 5.92 Å². The number of aryl methyl sites for hydroxylation is 1. The summed E-state index contributed by atoms with van der Waals surface area (Å²) in [5.41, 5.74) is 1.05. The Morgan fingerprint density at radius 2 is 2.43 bits per heavy atom. The number of rotatable bonds is 2. The van der Waals surface area contributed by atoms with Crippen molar-refractivity contribution in [1.82, 2.24) is 9.78 Å². The van der Waals surface area contributed by atoms with Gasteiger partial charge in [-0.1, -0.05) is 6.92 Å². The quantitative estimate of drug-likeness (QED) is 0.717. The van der Waals surface area contributed by atoms with E-state index in [0.717, 1.165) is 12.1 Å². The molecular weight excluding hydrogens is 186 g/mol. The van der Waals surface area contributed by atoms with Gasteiger partial charge in [-0.15, -0.1) is 0 Å². The molecule has 1 aliphatic carbocycles. The third kappa shape index (κ3) is 1.65. The van der Waals surface area contributed by atoms with Gasteiger partial charge in [-0.25, -0.2) is 8.78 Å². The molecule has 1 fully saturated rings. The maximum absolute atomic E-state index is 13.0. The van der Waals surface area contributed by atoms with E-state index in [1.54, 1.807) is 10.9 Å².